The standard InChI is InChI=1S/C34H41N5O4S/c1-22(40)35-27-13-16-39(20-27)28-14-17-38(18-15-28)33(42)25-9-7-24(8-10-25)32(41)37-34-36-30(21-44-34)29-19-26(11-12-31(29)43-2)23-5-3-4-6-23/h7-12,19,21,23,27-28H,3-6,13-18,20H2,1-2H3,(H,35,40)(H,36,37,41)/t27-/m1/s1. The summed E-state index contributed by atoms with van der Waals surface area (Å²) in [4.78, 5) is 46.7. The van der Waals surface area contributed by atoms with Crippen molar-refractivity contribution in [2.45, 2.75) is 69.9 Å². The highest BCUT2D eigenvalue weighted by Gasteiger charge is 2.32. The van der Waals surface area contributed by atoms with Crippen molar-refractivity contribution in [1.29, 1.82) is 0 Å². The molecule has 0 unspecified atom stereocenters. The number of carbonyl (C=O) groups excluding carboxylic acids is 3. The second kappa shape index (κ2) is 13.5. The van der Waals surface area contributed by atoms with Crippen LogP contribution >= 0.6 is 11.3 Å². The third-order valence-electron chi connectivity index (χ3n) is 9.34. The van der Waals surface area contributed by atoms with Crippen molar-refractivity contribution in [3.8, 4) is 17.0 Å². The number of aromatic nitrogens is 1. The van der Waals surface area contributed by atoms with E-state index in [9.17, 15) is 14.4 Å². The number of methoxy groups -OCH3 is 1. The van der Waals surface area contributed by atoms with Crippen LogP contribution in [0.15, 0.2) is 47.8 Å². The largest absolute Gasteiger partial charge is 0.496 e. The zero-order chi connectivity index (χ0) is 30.6. The molecule has 1 aliphatic carbocycles. The average molecular weight is 616 g/mol. The van der Waals surface area contributed by atoms with Crippen LogP contribution in [0.3, 0.4) is 0 Å². The maximum absolute atomic E-state index is 13.2. The summed E-state index contributed by atoms with van der Waals surface area (Å²) in [7, 11) is 1.67. The van der Waals surface area contributed by atoms with Gasteiger partial charge in [0.05, 0.1) is 12.8 Å². The van der Waals surface area contributed by atoms with E-state index in [4.69, 9.17) is 9.72 Å². The lowest BCUT2D eigenvalue weighted by atomic mass is 9.95. The van der Waals surface area contributed by atoms with Gasteiger partial charge < -0.3 is 15.0 Å². The first-order valence-corrected chi connectivity index (χ1v) is 16.6. The summed E-state index contributed by atoms with van der Waals surface area (Å²) < 4.78 is 5.63. The molecule has 3 heterocycles. The lowest BCUT2D eigenvalue weighted by Gasteiger charge is -2.36. The van der Waals surface area contributed by atoms with Crippen molar-refractivity contribution in [3.63, 3.8) is 0 Å². The average Bonchev–Trinajstić information content (AvgIpc) is 3.84. The molecular formula is C34H41N5O4S. The number of nitrogens with zero attached hydrogens (tertiary/aromatic N) is 3. The first kappa shape index (κ1) is 30.3. The van der Waals surface area contributed by atoms with Crippen LogP contribution in [0.4, 0.5) is 5.13 Å². The van der Waals surface area contributed by atoms with Crippen LogP contribution in [-0.2, 0) is 4.79 Å². The molecule has 1 aromatic heterocycles. The molecule has 232 valence electrons. The van der Waals surface area contributed by atoms with Crippen LogP contribution in [0, 0.1) is 0 Å². The molecule has 6 rings (SSSR count). The molecule has 1 saturated carbocycles. The number of carbonyl (C=O) groups is 3. The van der Waals surface area contributed by atoms with E-state index in [-0.39, 0.29) is 23.8 Å². The van der Waals surface area contributed by atoms with Gasteiger partial charge in [-0.15, -0.1) is 11.3 Å². The Bertz CT molecular complexity index is 1490. The molecule has 0 spiro atoms. The van der Waals surface area contributed by atoms with E-state index >= 15 is 0 Å². The molecule has 3 fully saturated rings. The molecule has 9 nitrogen and oxygen atoms in total. The van der Waals surface area contributed by atoms with Crippen LogP contribution in [0.5, 0.6) is 5.75 Å². The maximum atomic E-state index is 13.2. The Morgan fingerprint density at radius 3 is 2.36 bits per heavy atom. The first-order valence-electron chi connectivity index (χ1n) is 15.7. The highest BCUT2D eigenvalue weighted by molar-refractivity contribution is 7.14. The van der Waals surface area contributed by atoms with Gasteiger partial charge in [-0.2, -0.15) is 0 Å². The smallest absolute Gasteiger partial charge is 0.257 e. The van der Waals surface area contributed by atoms with Gasteiger partial charge in [0.2, 0.25) is 5.91 Å². The first-order chi connectivity index (χ1) is 21.4. The summed E-state index contributed by atoms with van der Waals surface area (Å²) in [6.07, 6.45) is 7.80. The van der Waals surface area contributed by atoms with E-state index in [1.807, 2.05) is 16.3 Å². The van der Waals surface area contributed by atoms with Crippen LogP contribution < -0.4 is 15.4 Å². The Kier molecular flexibility index (Phi) is 9.28. The Labute approximate surface area is 263 Å². The van der Waals surface area contributed by atoms with E-state index in [0.717, 1.165) is 49.4 Å². The van der Waals surface area contributed by atoms with Gasteiger partial charge in [0.25, 0.3) is 11.8 Å². The lowest BCUT2D eigenvalue weighted by Crippen LogP contribution is -2.47. The molecule has 2 aromatic carbocycles. The fraction of sp³-hybridized carbons (Fsp3) is 0.471. The Morgan fingerprint density at radius 1 is 0.932 bits per heavy atom. The molecule has 10 heteroatoms. The van der Waals surface area contributed by atoms with Gasteiger partial charge in [-0.3, -0.25) is 24.6 Å². The number of anilines is 1. The molecule has 44 heavy (non-hydrogen) atoms. The molecule has 2 saturated heterocycles. The van der Waals surface area contributed by atoms with Crippen LogP contribution in [0.2, 0.25) is 0 Å². The monoisotopic (exact) mass is 615 g/mol. The second-order valence-electron chi connectivity index (χ2n) is 12.2. The fourth-order valence-electron chi connectivity index (χ4n) is 6.97. The Hall–Kier alpha value is -3.76. The quantitative estimate of drug-likeness (QED) is 0.345. The maximum Gasteiger partial charge on any atom is 0.257 e. The van der Waals surface area contributed by atoms with Gasteiger partial charge in [-0.1, -0.05) is 18.9 Å². The van der Waals surface area contributed by atoms with Crippen molar-refractivity contribution >= 4 is 34.2 Å². The number of benzene rings is 2. The van der Waals surface area contributed by atoms with E-state index in [1.54, 1.807) is 38.3 Å². The van der Waals surface area contributed by atoms with Gasteiger partial charge in [-0.05, 0) is 80.0 Å². The number of likely N-dealkylation sites (tertiary alicyclic amines) is 2. The van der Waals surface area contributed by atoms with E-state index < -0.39 is 0 Å². The minimum atomic E-state index is -0.263. The molecule has 2 N–H and O–H groups in total. The Morgan fingerprint density at radius 2 is 1.66 bits per heavy atom. The lowest BCUT2D eigenvalue weighted by molar-refractivity contribution is -0.119. The van der Waals surface area contributed by atoms with Crippen molar-refractivity contribution in [2.24, 2.45) is 0 Å². The molecular weight excluding hydrogens is 574 g/mol. The predicted octanol–water partition coefficient (Wildman–Crippen LogP) is 5.54. The molecule has 0 bridgehead atoms. The van der Waals surface area contributed by atoms with Crippen LogP contribution in [0.25, 0.3) is 11.3 Å². The van der Waals surface area contributed by atoms with E-state index in [2.05, 4.69) is 27.7 Å². The summed E-state index contributed by atoms with van der Waals surface area (Å²) >= 11 is 1.38. The van der Waals surface area contributed by atoms with Gasteiger partial charge in [0, 0.05) is 67.3 Å². The number of rotatable bonds is 8. The number of piperidine rings is 1. The number of hydrogen-bond donors (Lipinski definition) is 2. The highest BCUT2D eigenvalue weighted by Crippen LogP contribution is 2.39. The topological polar surface area (TPSA) is 104 Å². The molecule has 2 aliphatic heterocycles. The summed E-state index contributed by atoms with van der Waals surface area (Å²) in [5.74, 6) is 1.10. The van der Waals surface area contributed by atoms with Crippen molar-refractivity contribution in [3.05, 3.63) is 64.5 Å². The van der Waals surface area contributed by atoms with Crippen molar-refractivity contribution in [2.75, 3.05) is 38.6 Å². The van der Waals surface area contributed by atoms with Gasteiger partial charge in [0.1, 0.15) is 5.75 Å². The number of thiazole rings is 1. The van der Waals surface area contributed by atoms with Gasteiger partial charge in [0.15, 0.2) is 5.13 Å². The van der Waals surface area contributed by atoms with Crippen LogP contribution in [-0.4, -0.2) is 77.9 Å². The van der Waals surface area contributed by atoms with Gasteiger partial charge >= 0.3 is 0 Å². The molecule has 3 aromatic rings. The molecule has 0 radical (unpaired) electrons. The number of amides is 3. The number of hydrogen-bond acceptors (Lipinski definition) is 7. The number of nitrogens with one attached hydrogen (secondary N) is 2. The highest BCUT2D eigenvalue weighted by atomic mass is 32.1. The third-order valence-corrected chi connectivity index (χ3v) is 10.1. The fourth-order valence-corrected chi connectivity index (χ4v) is 7.67. The second-order valence-corrected chi connectivity index (χ2v) is 13.1. The SMILES string of the molecule is COc1ccc(C2CCCC2)cc1-c1csc(NC(=O)c2ccc(C(=O)N3CCC(N4CC[C@@H](NC(C)=O)C4)CC3)cc2)n1. The third kappa shape index (κ3) is 6.81. The van der Waals surface area contributed by atoms with Crippen molar-refractivity contribution < 1.29 is 19.1 Å². The normalized spacial score (nSPS) is 19.7. The molecule has 1 atom stereocenters. The van der Waals surface area contributed by atoms with E-state index in [0.29, 0.717) is 41.3 Å². The van der Waals surface area contributed by atoms with Crippen molar-refractivity contribution in [1.82, 2.24) is 20.1 Å². The van der Waals surface area contributed by atoms with Gasteiger partial charge in [-0.25, -0.2) is 4.98 Å². The molecule has 3 aliphatic rings. The van der Waals surface area contributed by atoms with E-state index in [1.165, 1.54) is 42.6 Å². The van der Waals surface area contributed by atoms with Crippen LogP contribution in [0.1, 0.15) is 84.1 Å². The zero-order valence-corrected chi connectivity index (χ0v) is 26.3. The molecule has 3 amide bonds. The summed E-state index contributed by atoms with van der Waals surface area (Å²) in [5.41, 5.74) is 4.09. The number of ether oxygens (including phenoxy) is 1. The Balaban J connectivity index is 1.03. The summed E-state index contributed by atoms with van der Waals surface area (Å²) in [6, 6.07) is 13.9. The minimum absolute atomic E-state index is 0.00806. The zero-order valence-electron chi connectivity index (χ0n) is 25.5. The summed E-state index contributed by atoms with van der Waals surface area (Å²) in [5, 5.41) is 8.41. The minimum Gasteiger partial charge on any atom is -0.496 e. The predicted molar refractivity (Wildman–Crippen MR) is 172 cm³/mol. The summed E-state index contributed by atoms with van der Waals surface area (Å²) in [6.45, 7) is 4.83.